The monoisotopic (exact) mass is 472 g/mol. The molecule has 168 valence electrons. The molecule has 0 aliphatic rings. The molecule has 11 heteroatoms. The third-order valence-electron chi connectivity index (χ3n) is 4.97. The second-order valence-corrected chi connectivity index (χ2v) is 7.56. The van der Waals surface area contributed by atoms with E-state index in [0.717, 1.165) is 17.7 Å². The fraction of sp³-hybridized carbons (Fsp3) is 0.0909. The molecular weight excluding hydrogens is 457 g/mol. The Bertz CT molecular complexity index is 1300. The molecule has 33 heavy (non-hydrogen) atoms. The highest BCUT2D eigenvalue weighted by Gasteiger charge is 2.31. The topological polar surface area (TPSA) is 113 Å². The minimum Gasteiger partial charge on any atom is -0.383 e. The molecule has 2 aromatic heterocycles. The van der Waals surface area contributed by atoms with E-state index >= 15 is 0 Å². The van der Waals surface area contributed by atoms with Crippen LogP contribution in [0.3, 0.4) is 0 Å². The highest BCUT2D eigenvalue weighted by Crippen LogP contribution is 2.35. The maximum absolute atomic E-state index is 12.9. The van der Waals surface area contributed by atoms with Crippen LogP contribution in [0.1, 0.15) is 17.2 Å². The number of halogens is 4. The lowest BCUT2D eigenvalue weighted by atomic mass is 10.0. The van der Waals surface area contributed by atoms with Crippen LogP contribution in [0.2, 0.25) is 5.02 Å². The largest absolute Gasteiger partial charge is 0.416 e. The number of nitrogens with zero attached hydrogens (tertiary/aromatic N) is 4. The van der Waals surface area contributed by atoms with Gasteiger partial charge in [0.1, 0.15) is 12.1 Å². The second-order valence-electron chi connectivity index (χ2n) is 7.12. The smallest absolute Gasteiger partial charge is 0.383 e. The molecule has 0 aliphatic heterocycles. The number of alkyl halides is 3. The van der Waals surface area contributed by atoms with E-state index < -0.39 is 23.7 Å². The number of carbonyl (C=O) groups excluding carboxylic acids is 1. The molecule has 4 aromatic rings. The van der Waals surface area contributed by atoms with Crippen LogP contribution >= 0.6 is 11.6 Å². The van der Waals surface area contributed by atoms with E-state index in [-0.39, 0.29) is 11.4 Å². The molecule has 0 aliphatic carbocycles. The average molecular weight is 473 g/mol. The Balaban J connectivity index is 1.75. The molecule has 2 heterocycles. The van der Waals surface area contributed by atoms with Gasteiger partial charge in [-0.25, -0.2) is 9.97 Å². The zero-order valence-corrected chi connectivity index (χ0v) is 17.5. The van der Waals surface area contributed by atoms with Crippen LogP contribution in [-0.4, -0.2) is 25.7 Å². The summed E-state index contributed by atoms with van der Waals surface area (Å²) in [5.41, 5.74) is 13.3. The molecule has 0 bridgehead atoms. The second kappa shape index (κ2) is 8.55. The predicted molar refractivity (Wildman–Crippen MR) is 117 cm³/mol. The Hall–Kier alpha value is -3.92. The summed E-state index contributed by atoms with van der Waals surface area (Å²) in [7, 11) is 0. The van der Waals surface area contributed by atoms with E-state index in [0.29, 0.717) is 21.8 Å². The number of aromatic nitrogens is 4. The number of hydrogen-bond donors (Lipinski definition) is 2. The van der Waals surface area contributed by atoms with Gasteiger partial charge in [0, 0.05) is 16.8 Å². The normalized spacial score (nSPS) is 12.5. The predicted octanol–water partition coefficient (Wildman–Crippen LogP) is 4.34. The minimum absolute atomic E-state index is 0.226. The van der Waals surface area contributed by atoms with E-state index in [9.17, 15) is 18.0 Å². The SMILES string of the molecule is NC(=O)[C@@H](c1ccc(C(F)(F)F)cc1)n1cc(-c2ncnc(N)c2-c2ccc(Cl)cc2)cn1. The Morgan fingerprint density at radius 3 is 2.27 bits per heavy atom. The number of nitrogen functional groups attached to an aromatic ring is 1. The number of amides is 1. The Kier molecular flexibility index (Phi) is 5.77. The summed E-state index contributed by atoms with van der Waals surface area (Å²) in [5, 5.41) is 4.76. The summed E-state index contributed by atoms with van der Waals surface area (Å²) >= 11 is 5.97. The molecule has 0 spiro atoms. The van der Waals surface area contributed by atoms with Gasteiger partial charge < -0.3 is 11.5 Å². The van der Waals surface area contributed by atoms with Crippen LogP contribution in [0.25, 0.3) is 22.4 Å². The van der Waals surface area contributed by atoms with Crippen LogP contribution in [0.5, 0.6) is 0 Å². The van der Waals surface area contributed by atoms with Crippen molar-refractivity contribution in [1.29, 1.82) is 0 Å². The number of anilines is 1. The van der Waals surface area contributed by atoms with Gasteiger partial charge in [-0.3, -0.25) is 9.48 Å². The van der Waals surface area contributed by atoms with Crippen molar-refractivity contribution in [1.82, 2.24) is 19.7 Å². The van der Waals surface area contributed by atoms with Crippen LogP contribution in [-0.2, 0) is 11.0 Å². The molecule has 2 aromatic carbocycles. The summed E-state index contributed by atoms with van der Waals surface area (Å²) in [6.07, 6.45) is -0.219. The fourth-order valence-electron chi connectivity index (χ4n) is 3.42. The molecular formula is C22H16ClF3N6O. The lowest BCUT2D eigenvalue weighted by Gasteiger charge is -2.15. The van der Waals surface area contributed by atoms with Crippen molar-refractivity contribution in [2.45, 2.75) is 12.2 Å². The van der Waals surface area contributed by atoms with Gasteiger partial charge in [0.2, 0.25) is 5.91 Å². The van der Waals surface area contributed by atoms with Crippen molar-refractivity contribution in [2.24, 2.45) is 5.73 Å². The molecule has 4 rings (SSSR count). The van der Waals surface area contributed by atoms with E-state index in [1.165, 1.54) is 35.5 Å². The average Bonchev–Trinajstić information content (AvgIpc) is 3.23. The first-order valence-corrected chi connectivity index (χ1v) is 9.90. The zero-order valence-electron chi connectivity index (χ0n) is 16.8. The van der Waals surface area contributed by atoms with Crippen molar-refractivity contribution >= 4 is 23.3 Å². The van der Waals surface area contributed by atoms with E-state index in [4.69, 9.17) is 23.1 Å². The van der Waals surface area contributed by atoms with E-state index in [1.807, 2.05) is 0 Å². The first-order chi connectivity index (χ1) is 15.6. The summed E-state index contributed by atoms with van der Waals surface area (Å²) in [5.74, 6) is -0.561. The molecule has 7 nitrogen and oxygen atoms in total. The number of primary amides is 1. The van der Waals surface area contributed by atoms with E-state index in [2.05, 4.69) is 15.1 Å². The number of benzene rings is 2. The molecule has 0 saturated carbocycles. The third kappa shape index (κ3) is 4.51. The molecule has 1 atom stereocenters. The Morgan fingerprint density at radius 2 is 1.67 bits per heavy atom. The van der Waals surface area contributed by atoms with Gasteiger partial charge in [0.15, 0.2) is 6.04 Å². The molecule has 4 N–H and O–H groups in total. The van der Waals surface area contributed by atoms with Gasteiger partial charge in [-0.05, 0) is 35.4 Å². The van der Waals surface area contributed by atoms with Crippen molar-refractivity contribution < 1.29 is 18.0 Å². The maximum atomic E-state index is 12.9. The van der Waals surface area contributed by atoms with Crippen LogP contribution in [0.15, 0.2) is 67.3 Å². The van der Waals surface area contributed by atoms with Crippen molar-refractivity contribution in [2.75, 3.05) is 5.73 Å². The van der Waals surface area contributed by atoms with Gasteiger partial charge in [-0.2, -0.15) is 18.3 Å². The van der Waals surface area contributed by atoms with Gasteiger partial charge in [-0.15, -0.1) is 0 Å². The van der Waals surface area contributed by atoms with Gasteiger partial charge in [0.25, 0.3) is 0 Å². The highest BCUT2D eigenvalue weighted by molar-refractivity contribution is 6.30. The summed E-state index contributed by atoms with van der Waals surface area (Å²) in [6.45, 7) is 0. The van der Waals surface area contributed by atoms with Crippen molar-refractivity contribution in [3.63, 3.8) is 0 Å². The van der Waals surface area contributed by atoms with E-state index in [1.54, 1.807) is 24.3 Å². The van der Waals surface area contributed by atoms with Crippen molar-refractivity contribution in [3.05, 3.63) is 83.4 Å². The number of nitrogens with two attached hydrogens (primary N) is 2. The van der Waals surface area contributed by atoms with Crippen LogP contribution in [0.4, 0.5) is 19.0 Å². The third-order valence-corrected chi connectivity index (χ3v) is 5.22. The summed E-state index contributed by atoms with van der Waals surface area (Å²) in [6, 6.07) is 9.97. The number of hydrogen-bond acceptors (Lipinski definition) is 5. The van der Waals surface area contributed by atoms with Gasteiger partial charge in [0.05, 0.1) is 23.0 Å². The fourth-order valence-corrected chi connectivity index (χ4v) is 3.55. The summed E-state index contributed by atoms with van der Waals surface area (Å²) in [4.78, 5) is 20.6. The quantitative estimate of drug-likeness (QED) is 0.448. The lowest BCUT2D eigenvalue weighted by molar-refractivity contribution is -0.137. The highest BCUT2D eigenvalue weighted by atomic mass is 35.5. The Morgan fingerprint density at radius 1 is 1.00 bits per heavy atom. The minimum atomic E-state index is -4.50. The van der Waals surface area contributed by atoms with Gasteiger partial charge in [-0.1, -0.05) is 35.9 Å². The van der Waals surface area contributed by atoms with Crippen LogP contribution < -0.4 is 11.5 Å². The Labute approximate surface area is 190 Å². The lowest BCUT2D eigenvalue weighted by Crippen LogP contribution is -2.28. The first kappa shape index (κ1) is 22.3. The molecule has 0 fully saturated rings. The molecule has 0 radical (unpaired) electrons. The summed E-state index contributed by atoms with van der Waals surface area (Å²) < 4.78 is 39.9. The van der Waals surface area contributed by atoms with Crippen molar-refractivity contribution in [3.8, 4) is 22.4 Å². The van der Waals surface area contributed by atoms with Crippen LogP contribution in [0, 0.1) is 0 Å². The first-order valence-electron chi connectivity index (χ1n) is 9.52. The molecule has 0 unspecified atom stereocenters. The molecule has 1 amide bonds. The zero-order chi connectivity index (χ0) is 23.8. The maximum Gasteiger partial charge on any atom is 0.416 e. The van der Waals surface area contributed by atoms with Gasteiger partial charge >= 0.3 is 6.18 Å². The number of rotatable bonds is 5. The molecule has 0 saturated heterocycles. The number of carbonyl (C=O) groups is 1. The standard InChI is InChI=1S/C22H16ClF3N6O/c23-16-7-3-12(4-8-16)17-18(29-11-30-20(17)27)14-9-31-32(10-14)19(21(28)33)13-1-5-15(6-2-13)22(24,25)26/h1-11,19H,(H2,28,33)(H2,27,29,30)/t19-/m1/s1.